The summed E-state index contributed by atoms with van der Waals surface area (Å²) in [5.41, 5.74) is 5.69. The lowest BCUT2D eigenvalue weighted by Crippen LogP contribution is -2.43. The van der Waals surface area contributed by atoms with Crippen LogP contribution in [0.25, 0.3) is 0 Å². The Hall–Kier alpha value is -1.43. The first-order chi connectivity index (χ1) is 8.38. The highest BCUT2D eigenvalue weighted by molar-refractivity contribution is 5.90. The largest absolute Gasteiger partial charge is 0.336 e. The molecule has 6 heteroatoms. The smallest absolute Gasteiger partial charge is 0.293 e. The average molecular weight is 251 g/mol. The molecule has 1 aromatic rings. The molecule has 2 rings (SSSR count). The monoisotopic (exact) mass is 251 g/mol. The van der Waals surface area contributed by atoms with Gasteiger partial charge in [0, 0.05) is 24.5 Å². The third-order valence-electron chi connectivity index (χ3n) is 3.21. The van der Waals surface area contributed by atoms with Gasteiger partial charge in [-0.1, -0.05) is 20.8 Å². The van der Waals surface area contributed by atoms with Crippen molar-refractivity contribution in [2.45, 2.75) is 45.1 Å². The van der Waals surface area contributed by atoms with Gasteiger partial charge in [-0.05, 0) is 12.8 Å². The molecule has 3 N–H and O–H groups in total. The molecule has 0 atom stereocenters. The molecule has 0 bridgehead atoms. The van der Waals surface area contributed by atoms with E-state index in [1.165, 1.54) is 0 Å². The Bertz CT molecular complexity index is 426. The molecule has 2 heterocycles. The van der Waals surface area contributed by atoms with E-state index in [1.807, 2.05) is 20.8 Å². The van der Waals surface area contributed by atoms with Gasteiger partial charge >= 0.3 is 0 Å². The minimum Gasteiger partial charge on any atom is -0.336 e. The number of aromatic nitrogens is 3. The second-order valence-electron chi connectivity index (χ2n) is 5.89. The van der Waals surface area contributed by atoms with Crippen molar-refractivity contribution in [3.63, 3.8) is 0 Å². The van der Waals surface area contributed by atoms with E-state index in [2.05, 4.69) is 15.2 Å². The second-order valence-corrected chi connectivity index (χ2v) is 5.89. The van der Waals surface area contributed by atoms with Gasteiger partial charge in [0.1, 0.15) is 5.82 Å². The minimum absolute atomic E-state index is 0.103. The van der Waals surface area contributed by atoms with Crippen LogP contribution < -0.4 is 5.73 Å². The summed E-state index contributed by atoms with van der Waals surface area (Å²) < 4.78 is 0. The van der Waals surface area contributed by atoms with E-state index in [0.717, 1.165) is 18.7 Å². The zero-order valence-corrected chi connectivity index (χ0v) is 11.2. The van der Waals surface area contributed by atoms with Crippen molar-refractivity contribution < 1.29 is 4.79 Å². The summed E-state index contributed by atoms with van der Waals surface area (Å²) in [6.07, 6.45) is 1.70. The Kier molecular flexibility index (Phi) is 3.38. The molecule has 0 saturated carbocycles. The molecule has 6 nitrogen and oxygen atoms in total. The van der Waals surface area contributed by atoms with Crippen LogP contribution in [0.5, 0.6) is 0 Å². The molecule has 0 aromatic carbocycles. The lowest BCUT2D eigenvalue weighted by atomic mass is 9.96. The molecular weight excluding hydrogens is 230 g/mol. The van der Waals surface area contributed by atoms with Gasteiger partial charge in [0.05, 0.1) is 0 Å². The average Bonchev–Trinajstić information content (AvgIpc) is 2.78. The summed E-state index contributed by atoms with van der Waals surface area (Å²) in [5, 5.41) is 6.86. The Morgan fingerprint density at radius 2 is 2.00 bits per heavy atom. The quantitative estimate of drug-likeness (QED) is 0.767. The van der Waals surface area contributed by atoms with Gasteiger partial charge in [-0.3, -0.25) is 9.89 Å². The Morgan fingerprint density at radius 3 is 2.50 bits per heavy atom. The highest BCUT2D eigenvalue weighted by atomic mass is 16.2. The number of hydrogen-bond acceptors (Lipinski definition) is 4. The molecular formula is C12H21N5O. The van der Waals surface area contributed by atoms with E-state index in [4.69, 9.17) is 5.73 Å². The number of likely N-dealkylation sites (tertiary alicyclic amines) is 1. The number of rotatable bonds is 1. The van der Waals surface area contributed by atoms with E-state index in [9.17, 15) is 4.79 Å². The predicted molar refractivity (Wildman–Crippen MR) is 68.2 cm³/mol. The van der Waals surface area contributed by atoms with E-state index in [-0.39, 0.29) is 23.2 Å². The van der Waals surface area contributed by atoms with E-state index < -0.39 is 0 Å². The number of nitrogens with two attached hydrogens (primary N) is 1. The summed E-state index contributed by atoms with van der Waals surface area (Å²) in [7, 11) is 0. The standard InChI is InChI=1S/C12H21N5O/c1-12(2,3)11-14-9(15-16-11)10(18)17-6-4-8(13)5-7-17/h8H,4-7,13H2,1-3H3,(H,14,15,16). The van der Waals surface area contributed by atoms with Crippen LogP contribution >= 0.6 is 0 Å². The first kappa shape index (κ1) is 13.0. The zero-order valence-electron chi connectivity index (χ0n) is 11.2. The van der Waals surface area contributed by atoms with Gasteiger partial charge in [-0.15, -0.1) is 5.10 Å². The van der Waals surface area contributed by atoms with E-state index in [1.54, 1.807) is 4.90 Å². The molecule has 0 radical (unpaired) electrons. The van der Waals surface area contributed by atoms with Crippen LogP contribution in [-0.4, -0.2) is 45.1 Å². The fourth-order valence-electron chi connectivity index (χ4n) is 1.94. The molecule has 0 spiro atoms. The van der Waals surface area contributed by atoms with Crippen molar-refractivity contribution in [1.29, 1.82) is 0 Å². The summed E-state index contributed by atoms with van der Waals surface area (Å²) in [5.74, 6) is 0.892. The van der Waals surface area contributed by atoms with Crippen LogP contribution in [0, 0.1) is 0 Å². The lowest BCUT2D eigenvalue weighted by molar-refractivity contribution is 0.0702. The fraction of sp³-hybridized carbons (Fsp3) is 0.750. The lowest BCUT2D eigenvalue weighted by Gasteiger charge is -2.29. The zero-order chi connectivity index (χ0) is 13.3. The van der Waals surface area contributed by atoms with Crippen LogP contribution in [0.2, 0.25) is 0 Å². The van der Waals surface area contributed by atoms with Gasteiger partial charge in [-0.25, -0.2) is 4.98 Å². The molecule has 1 amide bonds. The number of nitrogens with zero attached hydrogens (tertiary/aromatic N) is 3. The maximum atomic E-state index is 12.2. The number of nitrogens with one attached hydrogen (secondary N) is 1. The van der Waals surface area contributed by atoms with Crippen molar-refractivity contribution in [1.82, 2.24) is 20.1 Å². The van der Waals surface area contributed by atoms with Crippen molar-refractivity contribution >= 4 is 5.91 Å². The molecule has 1 saturated heterocycles. The number of H-pyrrole nitrogens is 1. The highest BCUT2D eigenvalue weighted by Gasteiger charge is 2.26. The fourth-order valence-corrected chi connectivity index (χ4v) is 1.94. The third-order valence-corrected chi connectivity index (χ3v) is 3.21. The second kappa shape index (κ2) is 4.68. The normalized spacial score (nSPS) is 18.1. The van der Waals surface area contributed by atoms with Crippen molar-refractivity contribution in [2.24, 2.45) is 5.73 Å². The van der Waals surface area contributed by atoms with Crippen LogP contribution in [-0.2, 0) is 5.41 Å². The molecule has 0 unspecified atom stereocenters. The Balaban J connectivity index is 2.07. The van der Waals surface area contributed by atoms with Crippen LogP contribution in [0.4, 0.5) is 0 Å². The van der Waals surface area contributed by atoms with Gasteiger partial charge in [0.25, 0.3) is 5.91 Å². The summed E-state index contributed by atoms with van der Waals surface area (Å²) in [6, 6.07) is 0.214. The van der Waals surface area contributed by atoms with Crippen LogP contribution in [0.3, 0.4) is 0 Å². The van der Waals surface area contributed by atoms with E-state index in [0.29, 0.717) is 13.1 Å². The number of carbonyl (C=O) groups excluding carboxylic acids is 1. The molecule has 100 valence electrons. The van der Waals surface area contributed by atoms with Gasteiger partial charge in [0.15, 0.2) is 0 Å². The number of carbonyl (C=O) groups is 1. The summed E-state index contributed by atoms with van der Waals surface area (Å²) in [6.45, 7) is 7.48. The SMILES string of the molecule is CC(C)(C)c1nc(C(=O)N2CCC(N)CC2)n[nH]1. The summed E-state index contributed by atoms with van der Waals surface area (Å²) >= 11 is 0. The van der Waals surface area contributed by atoms with Crippen LogP contribution in [0.15, 0.2) is 0 Å². The van der Waals surface area contributed by atoms with Gasteiger partial charge in [-0.2, -0.15) is 0 Å². The number of amides is 1. The van der Waals surface area contributed by atoms with Crippen molar-refractivity contribution in [3.05, 3.63) is 11.6 Å². The Morgan fingerprint density at radius 1 is 1.39 bits per heavy atom. The molecule has 0 aliphatic carbocycles. The molecule has 1 aliphatic heterocycles. The topological polar surface area (TPSA) is 87.9 Å². The van der Waals surface area contributed by atoms with Gasteiger partial charge < -0.3 is 10.6 Å². The van der Waals surface area contributed by atoms with Gasteiger partial charge in [0.2, 0.25) is 5.82 Å². The maximum absolute atomic E-state index is 12.2. The molecule has 1 fully saturated rings. The van der Waals surface area contributed by atoms with Crippen LogP contribution in [0.1, 0.15) is 50.1 Å². The maximum Gasteiger partial charge on any atom is 0.293 e. The first-order valence-corrected chi connectivity index (χ1v) is 6.35. The first-order valence-electron chi connectivity index (χ1n) is 6.35. The Labute approximate surface area is 107 Å². The predicted octanol–water partition coefficient (Wildman–Crippen LogP) is 0.665. The minimum atomic E-state index is -0.129. The number of aromatic amines is 1. The molecule has 1 aromatic heterocycles. The van der Waals surface area contributed by atoms with Crippen molar-refractivity contribution in [3.8, 4) is 0 Å². The van der Waals surface area contributed by atoms with Crippen molar-refractivity contribution in [2.75, 3.05) is 13.1 Å². The highest BCUT2D eigenvalue weighted by Crippen LogP contribution is 2.18. The number of piperidine rings is 1. The van der Waals surface area contributed by atoms with E-state index >= 15 is 0 Å². The summed E-state index contributed by atoms with van der Waals surface area (Å²) in [4.78, 5) is 18.3. The number of hydrogen-bond donors (Lipinski definition) is 2. The third kappa shape index (κ3) is 2.69. The molecule has 18 heavy (non-hydrogen) atoms. The molecule has 1 aliphatic rings.